The van der Waals surface area contributed by atoms with Crippen LogP contribution in [0.2, 0.25) is 0 Å². The quantitative estimate of drug-likeness (QED) is 0.605. The lowest BCUT2D eigenvalue weighted by Gasteiger charge is -2.38. The average molecular weight is 444 g/mol. The molecule has 5 heterocycles. The van der Waals surface area contributed by atoms with E-state index >= 15 is 0 Å². The van der Waals surface area contributed by atoms with Gasteiger partial charge in [0.2, 0.25) is 11.6 Å². The average Bonchev–Trinajstić information content (AvgIpc) is 3.46. The summed E-state index contributed by atoms with van der Waals surface area (Å²) in [6.07, 6.45) is 4.16. The van der Waals surface area contributed by atoms with Crippen molar-refractivity contribution in [3.05, 3.63) is 53.7 Å². The summed E-state index contributed by atoms with van der Waals surface area (Å²) in [5.41, 5.74) is -0.436. The summed E-state index contributed by atoms with van der Waals surface area (Å²) in [6.45, 7) is 0.939. The number of amides is 1. The normalized spacial score (nSPS) is 24.7. The summed E-state index contributed by atoms with van der Waals surface area (Å²) in [5.74, 6) is -1.53. The number of benzene rings is 1. The van der Waals surface area contributed by atoms with E-state index in [-0.39, 0.29) is 11.6 Å². The lowest BCUT2D eigenvalue weighted by atomic mass is 9.89. The van der Waals surface area contributed by atoms with E-state index in [0.29, 0.717) is 50.3 Å². The lowest BCUT2D eigenvalue weighted by molar-refractivity contribution is -0.140. The SMILES string of the molecule is O=C1N2C(CCC2c2cc(F)cc(F)c2)OC12CCN(c1ncc(F)c3nncn13)CC2. The van der Waals surface area contributed by atoms with Crippen LogP contribution in [0, 0.1) is 17.5 Å². The molecule has 3 aliphatic rings. The van der Waals surface area contributed by atoms with Crippen LogP contribution in [0.3, 0.4) is 0 Å². The minimum atomic E-state index is -0.974. The molecule has 0 radical (unpaired) electrons. The molecule has 0 saturated carbocycles. The Morgan fingerprint density at radius 1 is 1.06 bits per heavy atom. The van der Waals surface area contributed by atoms with Crippen molar-refractivity contribution in [2.45, 2.75) is 43.6 Å². The Kier molecular flexibility index (Phi) is 4.19. The number of anilines is 1. The predicted molar refractivity (Wildman–Crippen MR) is 105 cm³/mol. The van der Waals surface area contributed by atoms with Crippen molar-refractivity contribution < 1.29 is 22.7 Å². The first-order valence-corrected chi connectivity index (χ1v) is 10.5. The van der Waals surface area contributed by atoms with Crippen molar-refractivity contribution in [1.29, 1.82) is 0 Å². The number of rotatable bonds is 2. The Balaban J connectivity index is 1.24. The molecule has 3 aromatic rings. The molecular formula is C21H19F3N6O2. The summed E-state index contributed by atoms with van der Waals surface area (Å²) in [4.78, 5) is 21.3. The first-order chi connectivity index (χ1) is 15.4. The van der Waals surface area contributed by atoms with Crippen LogP contribution in [0.5, 0.6) is 0 Å². The van der Waals surface area contributed by atoms with Gasteiger partial charge in [0.05, 0.1) is 12.2 Å². The van der Waals surface area contributed by atoms with E-state index in [9.17, 15) is 18.0 Å². The van der Waals surface area contributed by atoms with Crippen molar-refractivity contribution in [2.24, 2.45) is 0 Å². The molecule has 2 unspecified atom stereocenters. The number of ether oxygens (including phenoxy) is 1. The van der Waals surface area contributed by atoms with Gasteiger partial charge in [0.1, 0.15) is 24.2 Å². The van der Waals surface area contributed by atoms with Crippen LogP contribution in [0.4, 0.5) is 19.1 Å². The fourth-order valence-corrected chi connectivity index (χ4v) is 5.22. The van der Waals surface area contributed by atoms with E-state index in [1.54, 1.807) is 4.90 Å². The van der Waals surface area contributed by atoms with Gasteiger partial charge in [-0.3, -0.25) is 4.79 Å². The fraction of sp³-hybridized carbons (Fsp3) is 0.429. The van der Waals surface area contributed by atoms with Crippen LogP contribution in [0.25, 0.3) is 5.65 Å². The van der Waals surface area contributed by atoms with Crippen LogP contribution < -0.4 is 4.90 Å². The second kappa shape index (κ2) is 6.89. The largest absolute Gasteiger partial charge is 0.342 e. The second-order valence-corrected chi connectivity index (χ2v) is 8.49. The number of carbonyl (C=O) groups excluding carboxylic acids is 1. The van der Waals surface area contributed by atoms with Gasteiger partial charge < -0.3 is 14.5 Å². The van der Waals surface area contributed by atoms with Gasteiger partial charge in [-0.25, -0.2) is 22.6 Å². The van der Waals surface area contributed by atoms with E-state index < -0.39 is 35.3 Å². The van der Waals surface area contributed by atoms with Crippen molar-refractivity contribution in [2.75, 3.05) is 18.0 Å². The molecule has 3 fully saturated rings. The number of carbonyl (C=O) groups is 1. The van der Waals surface area contributed by atoms with Crippen molar-refractivity contribution >= 4 is 17.5 Å². The van der Waals surface area contributed by atoms with Crippen LogP contribution in [-0.4, -0.2) is 55.3 Å². The molecule has 6 rings (SSSR count). The van der Waals surface area contributed by atoms with E-state index in [1.807, 2.05) is 4.90 Å². The summed E-state index contributed by atoms with van der Waals surface area (Å²) in [7, 11) is 0. The third-order valence-corrected chi connectivity index (χ3v) is 6.71. The van der Waals surface area contributed by atoms with Gasteiger partial charge in [-0.05, 0) is 30.5 Å². The Morgan fingerprint density at radius 3 is 2.56 bits per heavy atom. The number of hydrogen-bond acceptors (Lipinski definition) is 6. The number of fused-ring (bicyclic) bond motifs is 2. The zero-order valence-electron chi connectivity index (χ0n) is 16.9. The lowest BCUT2D eigenvalue weighted by Crippen LogP contribution is -2.51. The standard InChI is InChI=1S/C21H19F3N6O2/c22-13-7-12(8-14(23)9-13)16-1-2-17-30(16)19(31)21(32-17)3-5-28(6-4-21)20-25-10-15(24)18-27-26-11-29(18)20/h7-11,16-17H,1-6H2. The Morgan fingerprint density at radius 2 is 1.81 bits per heavy atom. The molecule has 0 N–H and O–H groups in total. The van der Waals surface area contributed by atoms with Crippen LogP contribution in [0.15, 0.2) is 30.7 Å². The Bertz CT molecular complexity index is 1210. The minimum absolute atomic E-state index is 0.0919. The van der Waals surface area contributed by atoms with Crippen LogP contribution in [0.1, 0.15) is 37.3 Å². The summed E-state index contributed by atoms with van der Waals surface area (Å²) in [5, 5.41) is 7.53. The number of piperidine rings is 1. The number of halogens is 3. The molecule has 3 aliphatic heterocycles. The van der Waals surface area contributed by atoms with Crippen molar-refractivity contribution in [1.82, 2.24) is 24.5 Å². The molecule has 166 valence electrons. The fourth-order valence-electron chi connectivity index (χ4n) is 5.22. The topological polar surface area (TPSA) is 75.9 Å². The molecule has 2 atom stereocenters. The van der Waals surface area contributed by atoms with Crippen LogP contribution in [-0.2, 0) is 9.53 Å². The van der Waals surface area contributed by atoms with Crippen LogP contribution >= 0.6 is 0 Å². The monoisotopic (exact) mass is 444 g/mol. The summed E-state index contributed by atoms with van der Waals surface area (Å²) < 4.78 is 49.2. The van der Waals surface area contributed by atoms with Gasteiger partial charge in [-0.1, -0.05) is 0 Å². The molecule has 1 aromatic carbocycles. The summed E-state index contributed by atoms with van der Waals surface area (Å²) in [6, 6.07) is 2.97. The van der Waals surface area contributed by atoms with Crippen molar-refractivity contribution in [3.63, 3.8) is 0 Å². The van der Waals surface area contributed by atoms with E-state index in [1.165, 1.54) is 22.9 Å². The summed E-state index contributed by atoms with van der Waals surface area (Å²) >= 11 is 0. The highest BCUT2D eigenvalue weighted by Gasteiger charge is 2.58. The van der Waals surface area contributed by atoms with Gasteiger partial charge in [0.25, 0.3) is 5.91 Å². The first-order valence-electron chi connectivity index (χ1n) is 10.5. The molecule has 2 aromatic heterocycles. The van der Waals surface area contributed by atoms with Gasteiger partial charge in [0.15, 0.2) is 11.4 Å². The zero-order valence-corrected chi connectivity index (χ0v) is 16.9. The predicted octanol–water partition coefficient (Wildman–Crippen LogP) is 2.60. The maximum Gasteiger partial charge on any atom is 0.257 e. The number of aromatic nitrogens is 4. The number of nitrogens with zero attached hydrogens (tertiary/aromatic N) is 6. The van der Waals surface area contributed by atoms with Gasteiger partial charge in [-0.2, -0.15) is 0 Å². The highest BCUT2D eigenvalue weighted by atomic mass is 19.1. The zero-order chi connectivity index (χ0) is 22.0. The first kappa shape index (κ1) is 19.5. The van der Waals surface area contributed by atoms with Gasteiger partial charge >= 0.3 is 0 Å². The molecular weight excluding hydrogens is 425 g/mol. The maximum absolute atomic E-state index is 13.9. The second-order valence-electron chi connectivity index (χ2n) is 8.49. The Labute approximate surface area is 180 Å². The van der Waals surface area contributed by atoms with E-state index in [4.69, 9.17) is 4.74 Å². The van der Waals surface area contributed by atoms with E-state index in [2.05, 4.69) is 15.2 Å². The highest BCUT2D eigenvalue weighted by Crippen LogP contribution is 2.48. The molecule has 11 heteroatoms. The molecule has 0 bridgehead atoms. The van der Waals surface area contributed by atoms with E-state index in [0.717, 1.165) is 12.3 Å². The van der Waals surface area contributed by atoms with Gasteiger partial charge in [0, 0.05) is 32.0 Å². The smallest absolute Gasteiger partial charge is 0.257 e. The molecule has 0 aliphatic carbocycles. The number of hydrogen-bond donors (Lipinski definition) is 0. The molecule has 32 heavy (non-hydrogen) atoms. The Hall–Kier alpha value is -3.21. The van der Waals surface area contributed by atoms with Crippen molar-refractivity contribution in [3.8, 4) is 0 Å². The van der Waals surface area contributed by atoms with Gasteiger partial charge in [-0.15, -0.1) is 10.2 Å². The highest BCUT2D eigenvalue weighted by molar-refractivity contribution is 5.88. The molecule has 1 amide bonds. The minimum Gasteiger partial charge on any atom is -0.342 e. The molecule has 1 spiro atoms. The third kappa shape index (κ3) is 2.80. The maximum atomic E-state index is 13.9. The molecule has 8 nitrogen and oxygen atoms in total. The third-order valence-electron chi connectivity index (χ3n) is 6.71. The molecule has 3 saturated heterocycles.